The minimum Gasteiger partial charge on any atom is -0.497 e. The molecule has 0 bridgehead atoms. The second-order valence-electron chi connectivity index (χ2n) is 7.52. The Labute approximate surface area is 174 Å². The van der Waals surface area contributed by atoms with Crippen LogP contribution in [0.5, 0.6) is 5.75 Å². The maximum absolute atomic E-state index is 11.1. The van der Waals surface area contributed by atoms with E-state index in [4.69, 9.17) is 9.84 Å². The summed E-state index contributed by atoms with van der Waals surface area (Å²) in [6, 6.07) is 12.6. The van der Waals surface area contributed by atoms with Gasteiger partial charge in [-0.3, -0.25) is 4.79 Å². The normalized spacial score (nSPS) is 12.3. The molecule has 0 aliphatic rings. The Kier molecular flexibility index (Phi) is 6.14. The maximum atomic E-state index is 11.1. The number of carboxylic acids is 1. The molecular weight excluding hydrogens is 418 g/mol. The molecule has 0 saturated carbocycles. The number of hydrogen-bond donors (Lipinski definition) is 1. The van der Waals surface area contributed by atoms with E-state index in [2.05, 4.69) is 64.7 Å². The van der Waals surface area contributed by atoms with Crippen molar-refractivity contribution in [1.29, 1.82) is 0 Å². The number of methoxy groups -OCH3 is 1. The lowest BCUT2D eigenvalue weighted by molar-refractivity contribution is -0.137. The van der Waals surface area contributed by atoms with Crippen LogP contribution in [0.3, 0.4) is 0 Å². The van der Waals surface area contributed by atoms with Crippen molar-refractivity contribution >= 4 is 32.8 Å². The van der Waals surface area contributed by atoms with Crippen molar-refractivity contribution in [2.45, 2.75) is 40.2 Å². The van der Waals surface area contributed by atoms with Crippen LogP contribution in [0.4, 0.5) is 0 Å². The van der Waals surface area contributed by atoms with Crippen LogP contribution in [0.15, 0.2) is 40.9 Å². The van der Waals surface area contributed by atoms with Gasteiger partial charge in [0.25, 0.3) is 0 Å². The number of aryl methyl sites for hydroxylation is 1. The average Bonchev–Trinajstić information content (AvgIpc) is 2.89. The van der Waals surface area contributed by atoms with Crippen molar-refractivity contribution in [3.8, 4) is 5.75 Å². The molecule has 3 aromatic rings. The summed E-state index contributed by atoms with van der Waals surface area (Å²) in [4.78, 5) is 11.1. The van der Waals surface area contributed by atoms with Crippen molar-refractivity contribution in [1.82, 2.24) is 4.57 Å². The molecule has 1 aromatic heterocycles. The van der Waals surface area contributed by atoms with Gasteiger partial charge >= 0.3 is 5.97 Å². The van der Waals surface area contributed by atoms with Gasteiger partial charge in [0.1, 0.15) is 5.75 Å². The van der Waals surface area contributed by atoms with Gasteiger partial charge in [-0.05, 0) is 67.1 Å². The van der Waals surface area contributed by atoms with Crippen molar-refractivity contribution in [2.75, 3.05) is 7.11 Å². The number of rotatable bonds is 7. The van der Waals surface area contributed by atoms with Crippen LogP contribution in [0.25, 0.3) is 10.9 Å². The van der Waals surface area contributed by atoms with E-state index in [1.54, 1.807) is 7.11 Å². The van der Waals surface area contributed by atoms with E-state index in [0.29, 0.717) is 0 Å². The zero-order valence-corrected chi connectivity index (χ0v) is 18.3. The number of benzene rings is 2. The SMILES string of the molecule is COc1ccc2c(c1)c(C[C@@H](C)CC(=O)O)c(C)n2Cc1ccc(Br)c(C)c1. The van der Waals surface area contributed by atoms with Gasteiger partial charge in [0.2, 0.25) is 0 Å². The third kappa shape index (κ3) is 4.25. The Morgan fingerprint density at radius 1 is 1.21 bits per heavy atom. The van der Waals surface area contributed by atoms with Crippen LogP contribution in [0, 0.1) is 19.8 Å². The van der Waals surface area contributed by atoms with Gasteiger partial charge in [-0.2, -0.15) is 0 Å². The van der Waals surface area contributed by atoms with Crippen molar-refractivity contribution < 1.29 is 14.6 Å². The Morgan fingerprint density at radius 2 is 1.96 bits per heavy atom. The summed E-state index contributed by atoms with van der Waals surface area (Å²) in [6.45, 7) is 6.99. The van der Waals surface area contributed by atoms with Crippen LogP contribution in [0.1, 0.15) is 35.7 Å². The van der Waals surface area contributed by atoms with Gasteiger partial charge in [-0.25, -0.2) is 0 Å². The zero-order valence-electron chi connectivity index (χ0n) is 16.8. The largest absolute Gasteiger partial charge is 0.497 e. The third-order valence-corrected chi connectivity index (χ3v) is 6.19. The molecular formula is C23H26BrNO3. The maximum Gasteiger partial charge on any atom is 0.303 e. The average molecular weight is 444 g/mol. The van der Waals surface area contributed by atoms with Crippen LogP contribution < -0.4 is 4.74 Å². The molecule has 0 fully saturated rings. The minimum atomic E-state index is -0.753. The Bertz CT molecular complexity index is 1020. The first kappa shape index (κ1) is 20.5. The number of aromatic nitrogens is 1. The highest BCUT2D eigenvalue weighted by Crippen LogP contribution is 2.32. The van der Waals surface area contributed by atoms with E-state index in [-0.39, 0.29) is 12.3 Å². The highest BCUT2D eigenvalue weighted by molar-refractivity contribution is 9.10. The lowest BCUT2D eigenvalue weighted by atomic mass is 9.96. The van der Waals surface area contributed by atoms with Gasteiger partial charge in [0.05, 0.1) is 7.11 Å². The van der Waals surface area contributed by atoms with E-state index in [0.717, 1.165) is 34.1 Å². The predicted octanol–water partition coefficient (Wildman–Crippen LogP) is 5.73. The highest BCUT2D eigenvalue weighted by Gasteiger charge is 2.18. The number of nitrogens with zero attached hydrogens (tertiary/aromatic N) is 1. The van der Waals surface area contributed by atoms with E-state index < -0.39 is 5.97 Å². The molecule has 1 atom stereocenters. The second kappa shape index (κ2) is 8.39. The molecule has 3 rings (SSSR count). The second-order valence-corrected chi connectivity index (χ2v) is 8.38. The molecule has 0 spiro atoms. The molecule has 0 unspecified atom stereocenters. The summed E-state index contributed by atoms with van der Waals surface area (Å²) in [5.74, 6) is 0.129. The lowest BCUT2D eigenvalue weighted by Gasteiger charge is -2.12. The summed E-state index contributed by atoms with van der Waals surface area (Å²) in [5, 5.41) is 10.3. The van der Waals surface area contributed by atoms with Gasteiger partial charge in [0, 0.05) is 34.0 Å². The lowest BCUT2D eigenvalue weighted by Crippen LogP contribution is -2.08. The minimum absolute atomic E-state index is 0.0661. The molecule has 0 aliphatic heterocycles. The predicted molar refractivity (Wildman–Crippen MR) is 116 cm³/mol. The topological polar surface area (TPSA) is 51.5 Å². The molecule has 4 nitrogen and oxygen atoms in total. The number of ether oxygens (including phenoxy) is 1. The van der Waals surface area contributed by atoms with Crippen LogP contribution >= 0.6 is 15.9 Å². The number of aliphatic carboxylic acids is 1. The van der Waals surface area contributed by atoms with Gasteiger partial charge in [-0.15, -0.1) is 0 Å². The number of carbonyl (C=O) groups is 1. The Hall–Kier alpha value is -2.27. The molecule has 2 aromatic carbocycles. The first-order chi connectivity index (χ1) is 13.3. The molecule has 0 amide bonds. The number of fused-ring (bicyclic) bond motifs is 1. The molecule has 28 heavy (non-hydrogen) atoms. The highest BCUT2D eigenvalue weighted by atomic mass is 79.9. The summed E-state index contributed by atoms with van der Waals surface area (Å²) in [5.41, 5.74) is 5.99. The van der Waals surface area contributed by atoms with E-state index in [1.165, 1.54) is 22.4 Å². The van der Waals surface area contributed by atoms with Gasteiger partial charge < -0.3 is 14.4 Å². The number of carboxylic acid groups (broad SMARTS) is 1. The quantitative estimate of drug-likeness (QED) is 0.506. The van der Waals surface area contributed by atoms with Crippen molar-refractivity contribution in [3.63, 3.8) is 0 Å². The summed E-state index contributed by atoms with van der Waals surface area (Å²) < 4.78 is 8.86. The zero-order chi connectivity index (χ0) is 20.4. The first-order valence-corrected chi connectivity index (χ1v) is 10.2. The van der Waals surface area contributed by atoms with Crippen LogP contribution in [-0.4, -0.2) is 22.8 Å². The van der Waals surface area contributed by atoms with Crippen molar-refractivity contribution in [3.05, 3.63) is 63.3 Å². The van der Waals surface area contributed by atoms with Crippen LogP contribution in [0.2, 0.25) is 0 Å². The van der Waals surface area contributed by atoms with E-state index >= 15 is 0 Å². The molecule has 1 N–H and O–H groups in total. The monoisotopic (exact) mass is 443 g/mol. The van der Waals surface area contributed by atoms with Crippen LogP contribution in [-0.2, 0) is 17.8 Å². The molecule has 1 heterocycles. The number of halogens is 1. The van der Waals surface area contributed by atoms with Crippen molar-refractivity contribution in [2.24, 2.45) is 5.92 Å². The fraction of sp³-hybridized carbons (Fsp3) is 0.348. The third-order valence-electron chi connectivity index (χ3n) is 5.30. The number of hydrogen-bond acceptors (Lipinski definition) is 2. The van der Waals surface area contributed by atoms with E-state index in [1.807, 2.05) is 13.0 Å². The summed E-state index contributed by atoms with van der Waals surface area (Å²) in [6.07, 6.45) is 0.899. The van der Waals surface area contributed by atoms with Gasteiger partial charge in [0.15, 0.2) is 0 Å². The molecule has 148 valence electrons. The molecule has 0 radical (unpaired) electrons. The summed E-state index contributed by atoms with van der Waals surface area (Å²) >= 11 is 3.57. The van der Waals surface area contributed by atoms with E-state index in [9.17, 15) is 4.79 Å². The molecule has 0 saturated heterocycles. The fourth-order valence-electron chi connectivity index (χ4n) is 3.83. The summed E-state index contributed by atoms with van der Waals surface area (Å²) in [7, 11) is 1.67. The Morgan fingerprint density at radius 3 is 2.61 bits per heavy atom. The first-order valence-electron chi connectivity index (χ1n) is 9.42. The smallest absolute Gasteiger partial charge is 0.303 e. The van der Waals surface area contributed by atoms with Gasteiger partial charge in [-0.1, -0.05) is 35.0 Å². The molecule has 5 heteroatoms. The fourth-order valence-corrected chi connectivity index (χ4v) is 4.07. The standard InChI is InChI=1S/C23H26BrNO3/c1-14(10-23(26)27)9-19-16(3)25(13-17-5-7-21(24)15(2)11-17)22-8-6-18(28-4)12-20(19)22/h5-8,11-12,14H,9-10,13H2,1-4H3,(H,26,27)/t14-/m1/s1. The Balaban J connectivity index is 2.07. The molecule has 0 aliphatic carbocycles.